The average molecular weight is 194 g/mol. The zero-order valence-corrected chi connectivity index (χ0v) is 8.74. The van der Waals surface area contributed by atoms with Crippen molar-refractivity contribution in [3.05, 3.63) is 12.2 Å². The molecule has 78 valence electrons. The van der Waals surface area contributed by atoms with Gasteiger partial charge in [-0.1, -0.05) is 19.1 Å². The predicted octanol–water partition coefficient (Wildman–Crippen LogP) is 2.00. The van der Waals surface area contributed by atoms with Gasteiger partial charge >= 0.3 is 0 Å². The minimum atomic E-state index is 0.311. The fraction of sp³-hybridized carbons (Fsp3) is 0.833. The molecule has 0 aromatic carbocycles. The Kier molecular flexibility index (Phi) is 1.96. The van der Waals surface area contributed by atoms with E-state index in [0.717, 1.165) is 25.7 Å². The van der Waals surface area contributed by atoms with Crippen LogP contribution in [0.3, 0.4) is 0 Å². The zero-order chi connectivity index (χ0) is 9.60. The van der Waals surface area contributed by atoms with Crippen LogP contribution in [0.1, 0.15) is 19.8 Å². The number of fused-ring (bicyclic) bond motifs is 2. The summed E-state index contributed by atoms with van der Waals surface area (Å²) in [6.45, 7) is 4.89. The monoisotopic (exact) mass is 194 g/mol. The molecule has 2 heteroatoms. The van der Waals surface area contributed by atoms with Crippen LogP contribution < -0.4 is 0 Å². The van der Waals surface area contributed by atoms with Gasteiger partial charge in [-0.05, 0) is 18.8 Å². The fourth-order valence-corrected chi connectivity index (χ4v) is 2.76. The predicted molar refractivity (Wildman–Crippen MR) is 54.0 cm³/mol. The molecule has 1 aliphatic heterocycles. The van der Waals surface area contributed by atoms with E-state index in [0.29, 0.717) is 17.4 Å². The highest BCUT2D eigenvalue weighted by molar-refractivity contribution is 5.11. The van der Waals surface area contributed by atoms with Gasteiger partial charge < -0.3 is 9.47 Å². The summed E-state index contributed by atoms with van der Waals surface area (Å²) in [7, 11) is 0. The van der Waals surface area contributed by atoms with Gasteiger partial charge in [-0.25, -0.2) is 0 Å². The molecule has 3 aliphatic rings. The summed E-state index contributed by atoms with van der Waals surface area (Å²) in [5.74, 6) is 1.53. The van der Waals surface area contributed by atoms with E-state index in [1.807, 2.05) is 0 Å². The average Bonchev–Trinajstić information content (AvgIpc) is 2.72. The van der Waals surface area contributed by atoms with E-state index in [1.54, 1.807) is 0 Å². The lowest BCUT2D eigenvalue weighted by Gasteiger charge is -2.38. The molecule has 1 saturated heterocycles. The third-order valence-corrected chi connectivity index (χ3v) is 3.76. The van der Waals surface area contributed by atoms with Crippen molar-refractivity contribution in [1.82, 2.24) is 0 Å². The van der Waals surface area contributed by atoms with Crippen LogP contribution in [0.15, 0.2) is 12.2 Å². The van der Waals surface area contributed by atoms with E-state index in [2.05, 4.69) is 19.1 Å². The molecule has 2 bridgehead atoms. The third kappa shape index (κ3) is 1.41. The molecule has 3 unspecified atom stereocenters. The molecule has 3 atom stereocenters. The van der Waals surface area contributed by atoms with Crippen LogP contribution in [-0.4, -0.2) is 25.9 Å². The first kappa shape index (κ1) is 8.93. The second kappa shape index (κ2) is 3.07. The van der Waals surface area contributed by atoms with Crippen molar-refractivity contribution in [1.29, 1.82) is 0 Å². The van der Waals surface area contributed by atoms with E-state index < -0.39 is 0 Å². The summed E-state index contributed by atoms with van der Waals surface area (Å²) in [6, 6.07) is 0. The van der Waals surface area contributed by atoms with Crippen LogP contribution in [0.25, 0.3) is 0 Å². The minimum absolute atomic E-state index is 0.311. The van der Waals surface area contributed by atoms with Crippen molar-refractivity contribution in [2.45, 2.75) is 25.9 Å². The Labute approximate surface area is 85.3 Å². The van der Waals surface area contributed by atoms with Gasteiger partial charge in [-0.2, -0.15) is 0 Å². The smallest absolute Gasteiger partial charge is 0.0643 e. The first-order valence-corrected chi connectivity index (χ1v) is 5.63. The molecule has 0 aromatic rings. The second-order valence-corrected chi connectivity index (χ2v) is 5.43. The van der Waals surface area contributed by atoms with E-state index in [4.69, 9.17) is 9.47 Å². The van der Waals surface area contributed by atoms with E-state index in [9.17, 15) is 0 Å². The molecule has 2 nitrogen and oxygen atoms in total. The first-order chi connectivity index (χ1) is 6.75. The molecule has 3 rings (SSSR count). The van der Waals surface area contributed by atoms with Crippen molar-refractivity contribution in [2.75, 3.05) is 19.8 Å². The first-order valence-electron chi connectivity index (χ1n) is 5.63. The SMILES string of the molecule is CC1(COC2CC3C=CC2C3)COC1. The van der Waals surface area contributed by atoms with Crippen LogP contribution in [0, 0.1) is 17.3 Å². The highest BCUT2D eigenvalue weighted by Crippen LogP contribution is 2.41. The number of allylic oxidation sites excluding steroid dienone is 1. The van der Waals surface area contributed by atoms with Gasteiger partial charge in [0.2, 0.25) is 0 Å². The number of hydrogen-bond acceptors (Lipinski definition) is 2. The molecular weight excluding hydrogens is 176 g/mol. The Morgan fingerprint density at radius 2 is 2.21 bits per heavy atom. The summed E-state index contributed by atoms with van der Waals surface area (Å²) >= 11 is 0. The highest BCUT2D eigenvalue weighted by Gasteiger charge is 2.39. The molecule has 2 aliphatic carbocycles. The van der Waals surface area contributed by atoms with E-state index in [-0.39, 0.29) is 0 Å². The lowest BCUT2D eigenvalue weighted by Crippen LogP contribution is -2.44. The van der Waals surface area contributed by atoms with Crippen molar-refractivity contribution in [2.24, 2.45) is 17.3 Å². The van der Waals surface area contributed by atoms with Crippen LogP contribution in [0.5, 0.6) is 0 Å². The summed E-state index contributed by atoms with van der Waals surface area (Å²) < 4.78 is 11.2. The zero-order valence-electron chi connectivity index (χ0n) is 8.74. The summed E-state index contributed by atoms with van der Waals surface area (Å²) in [5.41, 5.74) is 0.311. The van der Waals surface area contributed by atoms with Gasteiger partial charge in [0.1, 0.15) is 0 Å². The molecule has 1 saturated carbocycles. The number of ether oxygens (including phenoxy) is 2. The normalized spacial score (nSPS) is 42.8. The third-order valence-electron chi connectivity index (χ3n) is 3.76. The Bertz CT molecular complexity index is 255. The van der Waals surface area contributed by atoms with Crippen molar-refractivity contribution >= 4 is 0 Å². The minimum Gasteiger partial charge on any atom is -0.380 e. The Morgan fingerprint density at radius 3 is 2.71 bits per heavy atom. The second-order valence-electron chi connectivity index (χ2n) is 5.43. The molecule has 0 radical (unpaired) electrons. The van der Waals surface area contributed by atoms with Crippen LogP contribution in [-0.2, 0) is 9.47 Å². The fourth-order valence-electron chi connectivity index (χ4n) is 2.76. The van der Waals surface area contributed by atoms with Crippen LogP contribution in [0.2, 0.25) is 0 Å². The molecule has 0 amide bonds. The maximum atomic E-state index is 6.01. The molecule has 2 fully saturated rings. The number of hydrogen-bond donors (Lipinski definition) is 0. The lowest BCUT2D eigenvalue weighted by molar-refractivity contribution is -0.151. The van der Waals surface area contributed by atoms with Gasteiger partial charge in [0.25, 0.3) is 0 Å². The van der Waals surface area contributed by atoms with Crippen LogP contribution in [0.4, 0.5) is 0 Å². The van der Waals surface area contributed by atoms with E-state index >= 15 is 0 Å². The summed E-state index contributed by atoms with van der Waals surface area (Å²) in [5, 5.41) is 0. The quantitative estimate of drug-likeness (QED) is 0.640. The Hall–Kier alpha value is -0.340. The topological polar surface area (TPSA) is 18.5 Å². The molecular formula is C12H18O2. The van der Waals surface area contributed by atoms with Gasteiger partial charge in [0.15, 0.2) is 0 Å². The lowest BCUT2D eigenvalue weighted by atomic mass is 9.90. The number of rotatable bonds is 3. The molecule has 0 N–H and O–H groups in total. The molecule has 0 spiro atoms. The maximum absolute atomic E-state index is 6.01. The van der Waals surface area contributed by atoms with Gasteiger partial charge in [-0.3, -0.25) is 0 Å². The largest absolute Gasteiger partial charge is 0.380 e. The van der Waals surface area contributed by atoms with Gasteiger partial charge in [0, 0.05) is 11.3 Å². The van der Waals surface area contributed by atoms with Gasteiger partial charge in [-0.15, -0.1) is 0 Å². The highest BCUT2D eigenvalue weighted by atomic mass is 16.5. The molecule has 14 heavy (non-hydrogen) atoms. The maximum Gasteiger partial charge on any atom is 0.0643 e. The van der Waals surface area contributed by atoms with Crippen molar-refractivity contribution in [3.63, 3.8) is 0 Å². The van der Waals surface area contributed by atoms with Crippen LogP contribution >= 0.6 is 0 Å². The standard InChI is InChI=1S/C12H18O2/c1-12(6-13-7-12)8-14-11-5-9-2-3-10(11)4-9/h2-3,9-11H,4-8H2,1H3. The van der Waals surface area contributed by atoms with Crippen molar-refractivity contribution < 1.29 is 9.47 Å². The Morgan fingerprint density at radius 1 is 1.36 bits per heavy atom. The van der Waals surface area contributed by atoms with Crippen molar-refractivity contribution in [3.8, 4) is 0 Å². The Balaban J connectivity index is 1.51. The molecule has 0 aromatic heterocycles. The molecule has 1 heterocycles. The summed E-state index contributed by atoms with van der Waals surface area (Å²) in [4.78, 5) is 0. The van der Waals surface area contributed by atoms with E-state index in [1.165, 1.54) is 12.8 Å². The van der Waals surface area contributed by atoms with Gasteiger partial charge in [0.05, 0.1) is 25.9 Å². The summed E-state index contributed by atoms with van der Waals surface area (Å²) in [6.07, 6.45) is 7.79.